The molecule has 0 aliphatic carbocycles. The van der Waals surface area contributed by atoms with Crippen LogP contribution in [0.15, 0.2) is 0 Å². The second-order valence-electron chi connectivity index (χ2n) is 8.63. The molecule has 0 N–H and O–H groups in total. The molecule has 0 aliphatic heterocycles. The molecule has 0 atom stereocenters. The highest BCUT2D eigenvalue weighted by Crippen LogP contribution is 2.13. The summed E-state index contributed by atoms with van der Waals surface area (Å²) >= 11 is 5.65. The lowest BCUT2D eigenvalue weighted by Gasteiger charge is -2.05. The van der Waals surface area contributed by atoms with E-state index in [0.29, 0.717) is 0 Å². The van der Waals surface area contributed by atoms with Crippen LogP contribution in [-0.2, 0) is 9.47 Å². The summed E-state index contributed by atoms with van der Waals surface area (Å²) in [7, 11) is 0. The lowest BCUT2D eigenvalue weighted by molar-refractivity contribution is 0.127. The van der Waals surface area contributed by atoms with E-state index in [1.165, 1.54) is 116 Å². The predicted molar refractivity (Wildman–Crippen MR) is 130 cm³/mol. The number of hydrogen-bond acceptors (Lipinski definition) is 2. The third kappa shape index (κ3) is 28.2. The number of hydrogen-bond donors (Lipinski definition) is 0. The maximum absolute atomic E-state index is 5.65. The summed E-state index contributed by atoms with van der Waals surface area (Å²) in [5.74, 6) is 0.763. The summed E-state index contributed by atoms with van der Waals surface area (Å²) in [5.41, 5.74) is 0. The first kappa shape index (κ1) is 29.2. The van der Waals surface area contributed by atoms with E-state index in [4.69, 9.17) is 21.1 Å². The van der Waals surface area contributed by atoms with E-state index in [-0.39, 0.29) is 0 Å². The standard InChI is InChI=1S/C26H53ClO2/c1-2-3-23-28-24-19-16-14-12-10-8-6-4-5-7-9-11-13-15-17-20-25-29-26-21-18-22-27/h2-26H2,1H3. The molecule has 176 valence electrons. The molecule has 0 unspecified atom stereocenters. The molecule has 0 bridgehead atoms. The Morgan fingerprint density at radius 3 is 0.966 bits per heavy atom. The van der Waals surface area contributed by atoms with Crippen molar-refractivity contribution in [2.45, 2.75) is 135 Å². The van der Waals surface area contributed by atoms with Crippen LogP contribution in [0, 0.1) is 0 Å². The summed E-state index contributed by atoms with van der Waals surface area (Å²) in [4.78, 5) is 0. The molecule has 0 radical (unpaired) electrons. The predicted octanol–water partition coefficient (Wildman–Crippen LogP) is 9.08. The van der Waals surface area contributed by atoms with Crippen molar-refractivity contribution >= 4 is 11.6 Å². The minimum absolute atomic E-state index is 0.763. The van der Waals surface area contributed by atoms with Crippen molar-refractivity contribution in [1.82, 2.24) is 0 Å². The average molecular weight is 433 g/mol. The minimum atomic E-state index is 0.763. The van der Waals surface area contributed by atoms with Gasteiger partial charge in [0.2, 0.25) is 0 Å². The quantitative estimate of drug-likeness (QED) is 0.100. The van der Waals surface area contributed by atoms with Crippen molar-refractivity contribution < 1.29 is 9.47 Å². The average Bonchev–Trinajstić information content (AvgIpc) is 2.74. The second-order valence-corrected chi connectivity index (χ2v) is 9.01. The van der Waals surface area contributed by atoms with Gasteiger partial charge in [-0.25, -0.2) is 0 Å². The van der Waals surface area contributed by atoms with Crippen LogP contribution in [0.4, 0.5) is 0 Å². The fourth-order valence-corrected chi connectivity index (χ4v) is 3.82. The van der Waals surface area contributed by atoms with Crippen molar-refractivity contribution in [3.05, 3.63) is 0 Å². The fraction of sp³-hybridized carbons (Fsp3) is 1.00. The fourth-order valence-electron chi connectivity index (χ4n) is 3.63. The van der Waals surface area contributed by atoms with Crippen molar-refractivity contribution in [3.8, 4) is 0 Å². The molecule has 2 nitrogen and oxygen atoms in total. The van der Waals surface area contributed by atoms with Crippen LogP contribution in [-0.4, -0.2) is 32.3 Å². The van der Waals surface area contributed by atoms with Gasteiger partial charge in [0.05, 0.1) is 0 Å². The molecule has 0 saturated carbocycles. The highest BCUT2D eigenvalue weighted by Gasteiger charge is 1.96. The van der Waals surface area contributed by atoms with Crippen LogP contribution in [0.1, 0.15) is 135 Å². The molecule has 0 saturated heterocycles. The Labute approximate surface area is 188 Å². The molecule has 0 aromatic heterocycles. The largest absolute Gasteiger partial charge is 0.381 e. The smallest absolute Gasteiger partial charge is 0.0466 e. The van der Waals surface area contributed by atoms with Gasteiger partial charge in [0.1, 0.15) is 0 Å². The third-order valence-electron chi connectivity index (χ3n) is 5.64. The second kappa shape index (κ2) is 28.2. The highest BCUT2D eigenvalue weighted by atomic mass is 35.5. The lowest BCUT2D eigenvalue weighted by Crippen LogP contribution is -1.97. The van der Waals surface area contributed by atoms with Crippen LogP contribution in [0.2, 0.25) is 0 Å². The normalized spacial score (nSPS) is 11.4. The van der Waals surface area contributed by atoms with Gasteiger partial charge in [-0.15, -0.1) is 11.6 Å². The van der Waals surface area contributed by atoms with Crippen LogP contribution >= 0.6 is 11.6 Å². The van der Waals surface area contributed by atoms with Crippen LogP contribution in [0.5, 0.6) is 0 Å². The molecule has 0 aromatic carbocycles. The van der Waals surface area contributed by atoms with Gasteiger partial charge in [-0.3, -0.25) is 0 Å². The maximum atomic E-state index is 5.65. The Morgan fingerprint density at radius 2 is 0.655 bits per heavy atom. The van der Waals surface area contributed by atoms with Gasteiger partial charge in [0, 0.05) is 32.3 Å². The van der Waals surface area contributed by atoms with Gasteiger partial charge in [-0.05, 0) is 32.1 Å². The molecule has 0 heterocycles. The first-order valence-corrected chi connectivity index (χ1v) is 13.7. The maximum Gasteiger partial charge on any atom is 0.0466 e. The summed E-state index contributed by atoms with van der Waals surface area (Å²) in [5, 5.41) is 0. The topological polar surface area (TPSA) is 18.5 Å². The summed E-state index contributed by atoms with van der Waals surface area (Å²) in [6, 6.07) is 0. The van der Waals surface area contributed by atoms with Gasteiger partial charge >= 0.3 is 0 Å². The Bertz CT molecular complexity index is 247. The van der Waals surface area contributed by atoms with Crippen LogP contribution in [0.25, 0.3) is 0 Å². The summed E-state index contributed by atoms with van der Waals surface area (Å²) < 4.78 is 11.2. The van der Waals surface area contributed by atoms with E-state index in [0.717, 1.165) is 45.1 Å². The molecule has 0 aromatic rings. The third-order valence-corrected chi connectivity index (χ3v) is 5.91. The number of unbranched alkanes of at least 4 members (excludes halogenated alkanes) is 17. The molecule has 0 fully saturated rings. The lowest BCUT2D eigenvalue weighted by atomic mass is 10.0. The molecule has 0 aliphatic rings. The van der Waals surface area contributed by atoms with Crippen molar-refractivity contribution in [2.24, 2.45) is 0 Å². The molecule has 0 amide bonds. The minimum Gasteiger partial charge on any atom is -0.381 e. The van der Waals surface area contributed by atoms with Gasteiger partial charge in [-0.2, -0.15) is 0 Å². The van der Waals surface area contributed by atoms with Crippen LogP contribution in [0.3, 0.4) is 0 Å². The van der Waals surface area contributed by atoms with Gasteiger partial charge < -0.3 is 9.47 Å². The molecule has 29 heavy (non-hydrogen) atoms. The van der Waals surface area contributed by atoms with E-state index in [1.807, 2.05) is 0 Å². The SMILES string of the molecule is CCCCOCCCCCCCCCCCCCCCCCCOCCCCCl. The first-order valence-electron chi connectivity index (χ1n) is 13.1. The van der Waals surface area contributed by atoms with Gasteiger partial charge in [0.15, 0.2) is 0 Å². The van der Waals surface area contributed by atoms with E-state index in [2.05, 4.69) is 6.92 Å². The zero-order valence-electron chi connectivity index (χ0n) is 19.9. The molecular formula is C26H53ClO2. The number of alkyl halides is 1. The van der Waals surface area contributed by atoms with E-state index in [9.17, 15) is 0 Å². The van der Waals surface area contributed by atoms with E-state index >= 15 is 0 Å². The van der Waals surface area contributed by atoms with Crippen molar-refractivity contribution in [3.63, 3.8) is 0 Å². The zero-order chi connectivity index (χ0) is 21.1. The Morgan fingerprint density at radius 1 is 0.379 bits per heavy atom. The number of rotatable bonds is 26. The number of ether oxygens (including phenoxy) is 2. The molecule has 3 heteroatoms. The van der Waals surface area contributed by atoms with Gasteiger partial charge in [0.25, 0.3) is 0 Å². The Balaban J connectivity index is 2.97. The Hall–Kier alpha value is 0.210. The van der Waals surface area contributed by atoms with Crippen molar-refractivity contribution in [2.75, 3.05) is 32.3 Å². The number of halogens is 1. The monoisotopic (exact) mass is 432 g/mol. The first-order chi connectivity index (χ1) is 14.4. The highest BCUT2D eigenvalue weighted by molar-refractivity contribution is 6.17. The van der Waals surface area contributed by atoms with E-state index in [1.54, 1.807) is 0 Å². The zero-order valence-corrected chi connectivity index (χ0v) is 20.6. The Kier molecular flexibility index (Phi) is 28.4. The molecule has 0 spiro atoms. The summed E-state index contributed by atoms with van der Waals surface area (Å²) in [6.07, 6.45) is 27.0. The molecule has 0 rings (SSSR count). The van der Waals surface area contributed by atoms with Gasteiger partial charge in [-0.1, -0.05) is 103 Å². The van der Waals surface area contributed by atoms with E-state index < -0.39 is 0 Å². The van der Waals surface area contributed by atoms with Crippen molar-refractivity contribution in [1.29, 1.82) is 0 Å². The molecular weight excluding hydrogens is 380 g/mol. The van der Waals surface area contributed by atoms with Crippen LogP contribution < -0.4 is 0 Å². The summed E-state index contributed by atoms with van der Waals surface area (Å²) in [6.45, 7) is 5.99.